The minimum absolute atomic E-state index is 0.134. The van der Waals surface area contributed by atoms with Gasteiger partial charge < -0.3 is 15.4 Å². The number of nitrogens with two attached hydrogens (primary N) is 1. The Balaban J connectivity index is 3.11. The highest BCUT2D eigenvalue weighted by molar-refractivity contribution is 5.62. The van der Waals surface area contributed by atoms with Gasteiger partial charge in [0.2, 0.25) is 0 Å². The molecule has 120 valence electrons. The Morgan fingerprint density at radius 1 is 1.10 bits per heavy atom. The van der Waals surface area contributed by atoms with Gasteiger partial charge in [0.1, 0.15) is 5.75 Å². The zero-order valence-corrected chi connectivity index (χ0v) is 14.5. The molecule has 0 fully saturated rings. The highest BCUT2D eigenvalue weighted by Gasteiger charge is 2.18. The molecular weight excluding hydrogens is 260 g/mol. The molecule has 0 radical (unpaired) electrons. The summed E-state index contributed by atoms with van der Waals surface area (Å²) >= 11 is 0. The van der Waals surface area contributed by atoms with Gasteiger partial charge in [-0.25, -0.2) is 0 Å². The summed E-state index contributed by atoms with van der Waals surface area (Å²) < 4.78 is 5.84. The SMILES string of the molecule is CCC(CC)N(CC(C)C)c1ccc(N)c(OC(C)C)c1. The van der Waals surface area contributed by atoms with Crippen LogP contribution in [0.25, 0.3) is 0 Å². The summed E-state index contributed by atoms with van der Waals surface area (Å²) in [6, 6.07) is 6.73. The van der Waals surface area contributed by atoms with Crippen molar-refractivity contribution in [3.63, 3.8) is 0 Å². The molecule has 0 heterocycles. The summed E-state index contributed by atoms with van der Waals surface area (Å²) in [4.78, 5) is 2.50. The summed E-state index contributed by atoms with van der Waals surface area (Å²) in [7, 11) is 0. The summed E-state index contributed by atoms with van der Waals surface area (Å²) in [5, 5.41) is 0. The lowest BCUT2D eigenvalue weighted by atomic mass is 10.1. The molecule has 0 amide bonds. The number of nitrogen functional groups attached to an aromatic ring is 1. The molecule has 3 nitrogen and oxygen atoms in total. The van der Waals surface area contributed by atoms with E-state index in [1.807, 2.05) is 19.9 Å². The topological polar surface area (TPSA) is 38.5 Å². The number of hydrogen-bond acceptors (Lipinski definition) is 3. The number of benzene rings is 1. The molecule has 1 aromatic carbocycles. The quantitative estimate of drug-likeness (QED) is 0.705. The summed E-state index contributed by atoms with van der Waals surface area (Å²) in [5.41, 5.74) is 7.96. The van der Waals surface area contributed by atoms with E-state index in [1.165, 1.54) is 5.69 Å². The van der Waals surface area contributed by atoms with Gasteiger partial charge in [0.05, 0.1) is 11.8 Å². The van der Waals surface area contributed by atoms with Crippen molar-refractivity contribution in [3.8, 4) is 5.75 Å². The van der Waals surface area contributed by atoms with Gasteiger partial charge in [0, 0.05) is 24.3 Å². The van der Waals surface area contributed by atoms with E-state index in [4.69, 9.17) is 10.5 Å². The molecule has 0 aromatic heterocycles. The van der Waals surface area contributed by atoms with Crippen molar-refractivity contribution in [2.45, 2.75) is 66.5 Å². The van der Waals surface area contributed by atoms with Crippen LogP contribution in [0.2, 0.25) is 0 Å². The van der Waals surface area contributed by atoms with E-state index in [-0.39, 0.29) is 6.10 Å². The molecule has 2 N–H and O–H groups in total. The van der Waals surface area contributed by atoms with Crippen molar-refractivity contribution in [2.24, 2.45) is 5.92 Å². The molecule has 1 rings (SSSR count). The Hall–Kier alpha value is -1.38. The predicted octanol–water partition coefficient (Wildman–Crippen LogP) is 4.71. The molecule has 0 aliphatic rings. The average molecular weight is 292 g/mol. The van der Waals surface area contributed by atoms with Gasteiger partial charge in [-0.15, -0.1) is 0 Å². The van der Waals surface area contributed by atoms with E-state index >= 15 is 0 Å². The fourth-order valence-electron chi connectivity index (χ4n) is 2.65. The minimum Gasteiger partial charge on any atom is -0.489 e. The van der Waals surface area contributed by atoms with Crippen molar-refractivity contribution in [3.05, 3.63) is 18.2 Å². The first-order valence-electron chi connectivity index (χ1n) is 8.21. The van der Waals surface area contributed by atoms with E-state index in [1.54, 1.807) is 0 Å². The summed E-state index contributed by atoms with van der Waals surface area (Å²) in [6.45, 7) is 14.1. The molecule has 0 unspecified atom stereocenters. The average Bonchev–Trinajstić information content (AvgIpc) is 2.40. The smallest absolute Gasteiger partial charge is 0.144 e. The largest absolute Gasteiger partial charge is 0.489 e. The van der Waals surface area contributed by atoms with Crippen LogP contribution in [0.5, 0.6) is 5.75 Å². The number of anilines is 2. The van der Waals surface area contributed by atoms with E-state index < -0.39 is 0 Å². The van der Waals surface area contributed by atoms with E-state index in [9.17, 15) is 0 Å². The lowest BCUT2D eigenvalue weighted by molar-refractivity contribution is 0.244. The third-order valence-corrected chi connectivity index (χ3v) is 3.64. The standard InChI is InChI=1S/C18H32N2O/c1-7-15(8-2)20(12-13(3)4)16-9-10-17(19)18(11-16)21-14(5)6/h9-11,13-15H,7-8,12,19H2,1-6H3. The van der Waals surface area contributed by atoms with Crippen LogP contribution >= 0.6 is 0 Å². The van der Waals surface area contributed by atoms with Crippen molar-refractivity contribution in [1.29, 1.82) is 0 Å². The van der Waals surface area contributed by atoms with Crippen LogP contribution in [-0.4, -0.2) is 18.7 Å². The van der Waals surface area contributed by atoms with E-state index in [0.717, 1.165) is 25.1 Å². The molecule has 1 aromatic rings. The lowest BCUT2D eigenvalue weighted by Gasteiger charge is -2.34. The molecule has 0 spiro atoms. The van der Waals surface area contributed by atoms with Crippen LogP contribution in [0, 0.1) is 5.92 Å². The molecule has 21 heavy (non-hydrogen) atoms. The Bertz CT molecular complexity index is 425. The van der Waals surface area contributed by atoms with Crippen molar-refractivity contribution < 1.29 is 4.74 Å². The van der Waals surface area contributed by atoms with Gasteiger partial charge in [0.25, 0.3) is 0 Å². The summed E-state index contributed by atoms with van der Waals surface area (Å²) in [5.74, 6) is 1.42. The monoisotopic (exact) mass is 292 g/mol. The fourth-order valence-corrected chi connectivity index (χ4v) is 2.65. The zero-order valence-electron chi connectivity index (χ0n) is 14.5. The Morgan fingerprint density at radius 3 is 2.19 bits per heavy atom. The highest BCUT2D eigenvalue weighted by Crippen LogP contribution is 2.31. The Kier molecular flexibility index (Phi) is 6.86. The fraction of sp³-hybridized carbons (Fsp3) is 0.667. The summed E-state index contributed by atoms with van der Waals surface area (Å²) in [6.07, 6.45) is 2.43. The molecular formula is C18H32N2O. The van der Waals surface area contributed by atoms with Gasteiger partial charge >= 0.3 is 0 Å². The van der Waals surface area contributed by atoms with E-state index in [2.05, 4.69) is 44.7 Å². The molecule has 0 atom stereocenters. The molecule has 0 saturated carbocycles. The second kappa shape index (κ2) is 8.16. The number of rotatable bonds is 8. The number of hydrogen-bond donors (Lipinski definition) is 1. The van der Waals surface area contributed by atoms with Crippen molar-refractivity contribution in [1.82, 2.24) is 0 Å². The van der Waals surface area contributed by atoms with Crippen LogP contribution in [0.3, 0.4) is 0 Å². The third-order valence-electron chi connectivity index (χ3n) is 3.64. The zero-order chi connectivity index (χ0) is 16.0. The van der Waals surface area contributed by atoms with Crippen LogP contribution in [-0.2, 0) is 0 Å². The molecule has 0 aliphatic carbocycles. The normalized spacial score (nSPS) is 11.5. The van der Waals surface area contributed by atoms with Gasteiger partial charge in [-0.2, -0.15) is 0 Å². The van der Waals surface area contributed by atoms with Crippen LogP contribution in [0.15, 0.2) is 18.2 Å². The Labute approximate surface area is 130 Å². The first-order valence-corrected chi connectivity index (χ1v) is 8.21. The van der Waals surface area contributed by atoms with Gasteiger partial charge in [-0.3, -0.25) is 0 Å². The highest BCUT2D eigenvalue weighted by atomic mass is 16.5. The first-order chi connectivity index (χ1) is 9.88. The van der Waals surface area contributed by atoms with Gasteiger partial charge in [0.15, 0.2) is 0 Å². The lowest BCUT2D eigenvalue weighted by Crippen LogP contribution is -2.37. The molecule has 0 saturated heterocycles. The number of ether oxygens (including phenoxy) is 1. The molecule has 0 aliphatic heterocycles. The van der Waals surface area contributed by atoms with Gasteiger partial charge in [-0.1, -0.05) is 27.7 Å². The number of nitrogens with zero attached hydrogens (tertiary/aromatic N) is 1. The first kappa shape index (κ1) is 17.7. The maximum atomic E-state index is 6.04. The third kappa shape index (κ3) is 5.14. The second-order valence-corrected chi connectivity index (χ2v) is 6.41. The van der Waals surface area contributed by atoms with Crippen LogP contribution < -0.4 is 15.4 Å². The maximum Gasteiger partial charge on any atom is 0.144 e. The van der Waals surface area contributed by atoms with Crippen LogP contribution in [0.4, 0.5) is 11.4 Å². The van der Waals surface area contributed by atoms with Crippen molar-refractivity contribution in [2.75, 3.05) is 17.2 Å². The van der Waals surface area contributed by atoms with Crippen LogP contribution in [0.1, 0.15) is 54.4 Å². The molecule has 0 bridgehead atoms. The minimum atomic E-state index is 0.134. The molecule has 3 heteroatoms. The second-order valence-electron chi connectivity index (χ2n) is 6.41. The van der Waals surface area contributed by atoms with E-state index in [0.29, 0.717) is 17.6 Å². The van der Waals surface area contributed by atoms with Crippen molar-refractivity contribution >= 4 is 11.4 Å². The predicted molar refractivity (Wildman–Crippen MR) is 93.2 cm³/mol. The Morgan fingerprint density at radius 2 is 1.71 bits per heavy atom. The van der Waals surface area contributed by atoms with Gasteiger partial charge in [-0.05, 0) is 44.7 Å². The maximum absolute atomic E-state index is 6.04.